The van der Waals surface area contributed by atoms with Crippen LogP contribution in [-0.2, 0) is 43.5 Å². The molecule has 0 aliphatic carbocycles. The minimum Gasteiger partial charge on any atom is -0.439 e. The molecule has 0 aromatic carbocycles. The first-order chi connectivity index (χ1) is 14.8. The molecule has 0 aromatic heterocycles. The molecule has 0 bridgehead atoms. The summed E-state index contributed by atoms with van der Waals surface area (Å²) >= 11 is 0. The molecule has 16 nitrogen and oxygen atoms in total. The van der Waals surface area contributed by atoms with E-state index in [4.69, 9.17) is 0 Å². The largest absolute Gasteiger partial charge is 0.530 e. The van der Waals surface area contributed by atoms with Crippen LogP contribution < -0.4 is 0 Å². The first kappa shape index (κ1) is 27.3. The van der Waals surface area contributed by atoms with Gasteiger partial charge in [-0.25, -0.2) is 4.79 Å². The Hall–Kier alpha value is -1.70. The molecule has 4 N–H and O–H groups in total. The van der Waals surface area contributed by atoms with Crippen LogP contribution in [0.3, 0.4) is 0 Å². The molecular weight excluding hydrogens is 432 g/mol. The van der Waals surface area contributed by atoms with Crippen molar-refractivity contribution in [3.05, 3.63) is 0 Å². The van der Waals surface area contributed by atoms with Crippen LogP contribution in [0.1, 0.15) is 32.6 Å². The van der Waals surface area contributed by atoms with E-state index in [0.29, 0.717) is 17.9 Å². The van der Waals surface area contributed by atoms with E-state index >= 15 is 0 Å². The average molecular weight is 460 g/mol. The second-order valence-corrected chi connectivity index (χ2v) is 6.03. The summed E-state index contributed by atoms with van der Waals surface area (Å²) in [6.07, 6.45) is -4.43. The van der Waals surface area contributed by atoms with E-state index in [2.05, 4.69) is 38.7 Å². The molecule has 2 rings (SSSR count). The van der Waals surface area contributed by atoms with Gasteiger partial charge in [-0.1, -0.05) is 10.1 Å². The normalized spacial score (nSPS) is 26.3. The van der Waals surface area contributed by atoms with Gasteiger partial charge < -0.3 is 44.2 Å². The number of esters is 1. The van der Waals surface area contributed by atoms with Crippen LogP contribution in [0, 0.1) is 0 Å². The molecule has 4 unspecified atom stereocenters. The summed E-state index contributed by atoms with van der Waals surface area (Å²) in [4.78, 5) is 34.7. The Kier molecular flexibility index (Phi) is 13.4. The summed E-state index contributed by atoms with van der Waals surface area (Å²) < 4.78 is 18.0. The zero-order chi connectivity index (χ0) is 23.2. The number of hydroxylamine groups is 4. The third-order valence-electron chi connectivity index (χ3n) is 3.66. The molecule has 0 amide bonds. The Morgan fingerprint density at radius 2 is 1.39 bits per heavy atom. The van der Waals surface area contributed by atoms with Crippen LogP contribution in [0.25, 0.3) is 0 Å². The number of carbonyl (C=O) groups is 2. The summed E-state index contributed by atoms with van der Waals surface area (Å²) in [5.41, 5.74) is 0. The standard InChI is InChI=1S/C10H18N2O10.C5H10O4/c13-6-1-2-7(14)11(6)20-10(17)18-5-19-22-21-12-8(15)3-4-9(12)16;1-5(6)9-4-8-3-7-2/h6-9,13-16H,1-5H2;3-4H2,1-2H3. The molecule has 2 aliphatic rings. The smallest absolute Gasteiger partial charge is 0.439 e. The Labute approximate surface area is 177 Å². The fraction of sp³-hybridized carbons (Fsp3) is 0.867. The van der Waals surface area contributed by atoms with Gasteiger partial charge in [0.15, 0.2) is 6.79 Å². The van der Waals surface area contributed by atoms with Crippen molar-refractivity contribution in [3.63, 3.8) is 0 Å². The molecule has 2 heterocycles. The Morgan fingerprint density at radius 1 is 0.839 bits per heavy atom. The number of aliphatic hydroxyl groups is 4. The number of carbonyl (C=O) groups excluding carboxylic acids is 2. The Morgan fingerprint density at radius 3 is 1.90 bits per heavy atom. The molecule has 2 saturated heterocycles. The van der Waals surface area contributed by atoms with Crippen molar-refractivity contribution in [2.75, 3.05) is 27.5 Å². The van der Waals surface area contributed by atoms with Gasteiger partial charge >= 0.3 is 12.1 Å². The van der Waals surface area contributed by atoms with Gasteiger partial charge in [0, 0.05) is 14.0 Å². The second-order valence-electron chi connectivity index (χ2n) is 6.03. The number of methoxy groups -OCH3 is 1. The quantitative estimate of drug-likeness (QED) is 0.0955. The van der Waals surface area contributed by atoms with Gasteiger partial charge in [0.05, 0.1) is 0 Å². The maximum Gasteiger partial charge on any atom is 0.530 e. The highest BCUT2D eigenvalue weighted by Crippen LogP contribution is 2.21. The summed E-state index contributed by atoms with van der Waals surface area (Å²) in [5, 5.41) is 43.1. The van der Waals surface area contributed by atoms with Crippen molar-refractivity contribution in [2.45, 2.75) is 57.5 Å². The highest BCUT2D eigenvalue weighted by atomic mass is 17.6. The van der Waals surface area contributed by atoms with Crippen LogP contribution >= 0.6 is 0 Å². The number of hydrogen-bond acceptors (Lipinski definition) is 16. The van der Waals surface area contributed by atoms with Crippen LogP contribution in [0.2, 0.25) is 0 Å². The van der Waals surface area contributed by atoms with E-state index in [1.165, 1.54) is 14.0 Å². The third-order valence-corrected chi connectivity index (χ3v) is 3.66. The predicted molar refractivity (Wildman–Crippen MR) is 91.5 cm³/mol. The van der Waals surface area contributed by atoms with E-state index in [0.717, 1.165) is 5.06 Å². The van der Waals surface area contributed by atoms with Crippen molar-refractivity contribution in [2.24, 2.45) is 0 Å². The van der Waals surface area contributed by atoms with Crippen LogP contribution in [-0.4, -0.2) is 95.1 Å². The molecule has 182 valence electrons. The Bertz CT molecular complexity index is 506. The fourth-order valence-electron chi connectivity index (χ4n) is 2.23. The molecule has 16 heteroatoms. The summed E-state index contributed by atoms with van der Waals surface area (Å²) in [5.74, 6) is -0.355. The van der Waals surface area contributed by atoms with E-state index in [1.807, 2.05) is 0 Å². The van der Waals surface area contributed by atoms with E-state index in [9.17, 15) is 30.0 Å². The number of hydrogen-bond donors (Lipinski definition) is 4. The molecular formula is C15H28N2O14. The van der Waals surface area contributed by atoms with Crippen LogP contribution in [0.4, 0.5) is 4.79 Å². The van der Waals surface area contributed by atoms with Crippen molar-refractivity contribution in [3.8, 4) is 0 Å². The first-order valence-electron chi connectivity index (χ1n) is 9.06. The van der Waals surface area contributed by atoms with Crippen LogP contribution in [0.15, 0.2) is 0 Å². The summed E-state index contributed by atoms with van der Waals surface area (Å²) in [7, 11) is 1.49. The van der Waals surface area contributed by atoms with Gasteiger partial charge in [0.2, 0.25) is 6.79 Å². The Balaban J connectivity index is 0.000000452. The van der Waals surface area contributed by atoms with Gasteiger partial charge in [-0.15, -0.1) is 4.99 Å². The predicted octanol–water partition coefficient (Wildman–Crippen LogP) is -1.60. The lowest BCUT2D eigenvalue weighted by Gasteiger charge is -2.21. The minimum absolute atomic E-state index is 0.0385. The zero-order valence-electron chi connectivity index (χ0n) is 17.0. The molecule has 2 aliphatic heterocycles. The minimum atomic E-state index is -1.23. The number of rotatable bonds is 10. The van der Waals surface area contributed by atoms with Gasteiger partial charge in [0.1, 0.15) is 31.7 Å². The van der Waals surface area contributed by atoms with E-state index in [1.54, 1.807) is 0 Å². The monoisotopic (exact) mass is 460 g/mol. The summed E-state index contributed by atoms with van der Waals surface area (Å²) in [6, 6.07) is 0. The number of aliphatic hydroxyl groups excluding tert-OH is 4. The van der Waals surface area contributed by atoms with Crippen molar-refractivity contribution in [1.29, 1.82) is 0 Å². The van der Waals surface area contributed by atoms with Gasteiger partial charge in [-0.3, -0.25) is 4.79 Å². The fourth-order valence-corrected chi connectivity index (χ4v) is 2.23. The molecule has 31 heavy (non-hydrogen) atoms. The summed E-state index contributed by atoms with van der Waals surface area (Å²) in [6.45, 7) is 0.700. The van der Waals surface area contributed by atoms with Crippen molar-refractivity contribution < 1.29 is 68.7 Å². The molecule has 2 fully saturated rings. The van der Waals surface area contributed by atoms with Crippen LogP contribution in [0.5, 0.6) is 0 Å². The number of ether oxygens (including phenoxy) is 4. The molecule has 0 aromatic rings. The second kappa shape index (κ2) is 15.2. The molecule has 0 radical (unpaired) electrons. The third kappa shape index (κ3) is 10.9. The zero-order valence-corrected chi connectivity index (χ0v) is 17.0. The van der Waals surface area contributed by atoms with Crippen molar-refractivity contribution >= 4 is 12.1 Å². The first-order valence-corrected chi connectivity index (χ1v) is 9.06. The maximum atomic E-state index is 11.2. The van der Waals surface area contributed by atoms with E-state index in [-0.39, 0.29) is 32.4 Å². The lowest BCUT2D eigenvalue weighted by Crippen LogP contribution is -2.38. The number of nitrogens with zero attached hydrogens (tertiary/aromatic N) is 2. The van der Waals surface area contributed by atoms with Crippen molar-refractivity contribution in [1.82, 2.24) is 10.1 Å². The lowest BCUT2D eigenvalue weighted by atomic mass is 10.3. The van der Waals surface area contributed by atoms with Gasteiger partial charge in [-0.2, -0.15) is 4.89 Å². The molecule has 4 atom stereocenters. The lowest BCUT2D eigenvalue weighted by molar-refractivity contribution is -0.606. The average Bonchev–Trinajstić information content (AvgIpc) is 3.21. The van der Waals surface area contributed by atoms with Gasteiger partial charge in [0.25, 0.3) is 0 Å². The molecule has 0 spiro atoms. The van der Waals surface area contributed by atoms with Gasteiger partial charge in [-0.05, 0) is 30.7 Å². The molecule has 0 saturated carbocycles. The highest BCUT2D eigenvalue weighted by Gasteiger charge is 2.35. The maximum absolute atomic E-state index is 11.2. The topological polar surface area (TPSA) is 195 Å². The van der Waals surface area contributed by atoms with E-state index < -0.39 is 37.9 Å². The SMILES string of the molecule is COCOCOC(C)=O.O=C(OCOOON1C(O)CCC1O)ON1C(O)CCC1O. The highest BCUT2D eigenvalue weighted by molar-refractivity contribution is 5.65.